The third kappa shape index (κ3) is 3.13. The molecule has 3 heteroatoms. The molecule has 2 aromatic carbocycles. The second-order valence-corrected chi connectivity index (χ2v) is 4.54. The Labute approximate surface area is 113 Å². The first-order valence-electron chi connectivity index (χ1n) is 6.36. The average molecular weight is 257 g/mol. The number of hydrogen-bond acceptors (Lipinski definition) is 3. The van der Waals surface area contributed by atoms with Crippen LogP contribution in [0.1, 0.15) is 0 Å². The van der Waals surface area contributed by atoms with Crippen molar-refractivity contribution in [3.8, 4) is 11.1 Å². The summed E-state index contributed by atoms with van der Waals surface area (Å²) < 4.78 is 0. The van der Waals surface area contributed by atoms with E-state index >= 15 is 0 Å². The van der Waals surface area contributed by atoms with E-state index in [0.717, 1.165) is 11.3 Å². The summed E-state index contributed by atoms with van der Waals surface area (Å²) in [5.41, 5.74) is 3.31. The number of rotatable bonds is 5. The highest BCUT2D eigenvalue weighted by atomic mass is 16.3. The lowest BCUT2D eigenvalue weighted by atomic mass is 10.1. The molecule has 0 saturated carbocycles. The van der Waals surface area contributed by atoms with Crippen molar-refractivity contribution in [1.82, 2.24) is 0 Å². The van der Waals surface area contributed by atoms with Gasteiger partial charge in [0.25, 0.3) is 0 Å². The van der Waals surface area contributed by atoms with Gasteiger partial charge in [0.05, 0.1) is 19.3 Å². The number of benzene rings is 2. The van der Waals surface area contributed by atoms with Gasteiger partial charge in [0.1, 0.15) is 0 Å². The van der Waals surface area contributed by atoms with E-state index in [4.69, 9.17) is 0 Å². The van der Waals surface area contributed by atoms with E-state index in [0.29, 0.717) is 0 Å². The van der Waals surface area contributed by atoms with Gasteiger partial charge >= 0.3 is 0 Å². The Bertz CT molecular complexity index is 492. The maximum absolute atomic E-state index is 9.19. The largest absolute Gasteiger partial charge is 0.394 e. The minimum Gasteiger partial charge on any atom is -0.394 e. The first-order chi connectivity index (χ1) is 9.26. The van der Waals surface area contributed by atoms with Crippen molar-refractivity contribution in [3.63, 3.8) is 0 Å². The van der Waals surface area contributed by atoms with Gasteiger partial charge in [-0.1, -0.05) is 42.5 Å². The average Bonchev–Trinajstić information content (AvgIpc) is 2.49. The summed E-state index contributed by atoms with van der Waals surface area (Å²) in [6, 6.07) is 18.0. The zero-order chi connectivity index (χ0) is 13.7. The number of hydrogen-bond donors (Lipinski definition) is 2. The van der Waals surface area contributed by atoms with Crippen molar-refractivity contribution in [2.45, 2.75) is 6.04 Å². The number of anilines is 1. The van der Waals surface area contributed by atoms with Crippen LogP contribution in [-0.2, 0) is 0 Å². The molecule has 2 rings (SSSR count). The standard InChI is InChI=1S/C16H19NO2/c1-17(16(11-18)12-19)15-9-7-14(8-10-15)13-5-3-2-4-6-13/h2-10,16,18-19H,11-12H2,1H3. The highest BCUT2D eigenvalue weighted by molar-refractivity contribution is 5.66. The van der Waals surface area contributed by atoms with Crippen molar-refractivity contribution in [2.24, 2.45) is 0 Å². The molecule has 2 aromatic rings. The van der Waals surface area contributed by atoms with E-state index in [1.165, 1.54) is 5.56 Å². The summed E-state index contributed by atoms with van der Waals surface area (Å²) in [7, 11) is 1.87. The highest BCUT2D eigenvalue weighted by Gasteiger charge is 2.12. The third-order valence-electron chi connectivity index (χ3n) is 3.35. The fraction of sp³-hybridized carbons (Fsp3) is 0.250. The molecule has 100 valence electrons. The molecule has 0 aromatic heterocycles. The fourth-order valence-electron chi connectivity index (χ4n) is 2.03. The van der Waals surface area contributed by atoms with Gasteiger partial charge < -0.3 is 15.1 Å². The van der Waals surface area contributed by atoms with Crippen LogP contribution in [0, 0.1) is 0 Å². The highest BCUT2D eigenvalue weighted by Crippen LogP contribution is 2.23. The Kier molecular flexibility index (Phi) is 4.55. The first-order valence-corrected chi connectivity index (χ1v) is 6.36. The molecule has 0 heterocycles. The molecule has 0 aliphatic rings. The molecular formula is C16H19NO2. The van der Waals surface area contributed by atoms with E-state index in [9.17, 15) is 10.2 Å². The van der Waals surface area contributed by atoms with Crippen molar-refractivity contribution in [2.75, 3.05) is 25.2 Å². The van der Waals surface area contributed by atoms with E-state index in [-0.39, 0.29) is 19.3 Å². The van der Waals surface area contributed by atoms with E-state index in [2.05, 4.69) is 12.1 Å². The van der Waals surface area contributed by atoms with Crippen molar-refractivity contribution in [1.29, 1.82) is 0 Å². The topological polar surface area (TPSA) is 43.7 Å². The van der Waals surface area contributed by atoms with Gasteiger partial charge in [-0.2, -0.15) is 0 Å². The lowest BCUT2D eigenvalue weighted by Gasteiger charge is -2.27. The van der Waals surface area contributed by atoms with Crippen molar-refractivity contribution >= 4 is 5.69 Å². The van der Waals surface area contributed by atoms with Crippen LogP contribution in [0.3, 0.4) is 0 Å². The SMILES string of the molecule is CN(c1ccc(-c2ccccc2)cc1)C(CO)CO. The molecule has 3 nitrogen and oxygen atoms in total. The number of likely N-dealkylation sites (N-methyl/N-ethyl adjacent to an activating group) is 1. The summed E-state index contributed by atoms with van der Waals surface area (Å²) >= 11 is 0. The Morgan fingerprint density at radius 3 is 1.89 bits per heavy atom. The Balaban J connectivity index is 2.19. The van der Waals surface area contributed by atoms with Gasteiger partial charge in [0.15, 0.2) is 0 Å². The van der Waals surface area contributed by atoms with Crippen LogP contribution in [-0.4, -0.2) is 36.5 Å². The van der Waals surface area contributed by atoms with E-state index < -0.39 is 0 Å². The molecule has 0 fully saturated rings. The van der Waals surface area contributed by atoms with Crippen molar-refractivity contribution < 1.29 is 10.2 Å². The summed E-state index contributed by atoms with van der Waals surface area (Å²) in [5, 5.41) is 18.4. The number of nitrogens with zero attached hydrogens (tertiary/aromatic N) is 1. The van der Waals surface area contributed by atoms with Crippen LogP contribution in [0.4, 0.5) is 5.69 Å². The lowest BCUT2D eigenvalue weighted by molar-refractivity contribution is 0.191. The molecular weight excluding hydrogens is 238 g/mol. The predicted octanol–water partition coefficient (Wildman–Crippen LogP) is 2.14. The maximum Gasteiger partial charge on any atom is 0.0748 e. The monoisotopic (exact) mass is 257 g/mol. The first kappa shape index (κ1) is 13.6. The molecule has 0 atom stereocenters. The van der Waals surface area contributed by atoms with Gasteiger partial charge in [-0.3, -0.25) is 0 Å². The lowest BCUT2D eigenvalue weighted by Crippen LogP contribution is -2.37. The predicted molar refractivity (Wildman–Crippen MR) is 78.2 cm³/mol. The molecule has 0 bridgehead atoms. The maximum atomic E-state index is 9.19. The molecule has 0 radical (unpaired) electrons. The Morgan fingerprint density at radius 1 is 0.842 bits per heavy atom. The molecule has 0 aliphatic heterocycles. The Morgan fingerprint density at radius 2 is 1.37 bits per heavy atom. The Hall–Kier alpha value is -1.84. The van der Waals surface area contributed by atoms with Gasteiger partial charge in [0.2, 0.25) is 0 Å². The van der Waals surface area contributed by atoms with E-state index in [1.807, 2.05) is 54.4 Å². The van der Waals surface area contributed by atoms with Gasteiger partial charge in [0, 0.05) is 12.7 Å². The fourth-order valence-corrected chi connectivity index (χ4v) is 2.03. The summed E-state index contributed by atoms with van der Waals surface area (Å²) in [4.78, 5) is 1.88. The molecule has 2 N–H and O–H groups in total. The normalized spacial score (nSPS) is 10.7. The molecule has 0 amide bonds. The summed E-state index contributed by atoms with van der Waals surface area (Å²) in [5.74, 6) is 0. The van der Waals surface area contributed by atoms with E-state index in [1.54, 1.807) is 0 Å². The van der Waals surface area contributed by atoms with Crippen molar-refractivity contribution in [3.05, 3.63) is 54.6 Å². The molecule has 0 spiro atoms. The molecule has 19 heavy (non-hydrogen) atoms. The van der Waals surface area contributed by atoms with Crippen LogP contribution in [0.15, 0.2) is 54.6 Å². The molecule has 0 saturated heterocycles. The second-order valence-electron chi connectivity index (χ2n) is 4.54. The number of aliphatic hydroxyl groups is 2. The third-order valence-corrected chi connectivity index (χ3v) is 3.35. The minimum atomic E-state index is -0.262. The summed E-state index contributed by atoms with van der Waals surface area (Å²) in [6.45, 7) is -0.124. The zero-order valence-corrected chi connectivity index (χ0v) is 11.0. The van der Waals surface area contributed by atoms with Crippen LogP contribution in [0.5, 0.6) is 0 Å². The van der Waals surface area contributed by atoms with Gasteiger partial charge in [-0.15, -0.1) is 0 Å². The number of aliphatic hydroxyl groups excluding tert-OH is 2. The van der Waals surface area contributed by atoms with Crippen LogP contribution in [0.25, 0.3) is 11.1 Å². The second kappa shape index (κ2) is 6.36. The minimum absolute atomic E-state index is 0.0621. The summed E-state index contributed by atoms with van der Waals surface area (Å²) in [6.07, 6.45) is 0. The van der Waals surface area contributed by atoms with Gasteiger partial charge in [-0.25, -0.2) is 0 Å². The van der Waals surface area contributed by atoms with Crippen LogP contribution >= 0.6 is 0 Å². The smallest absolute Gasteiger partial charge is 0.0748 e. The van der Waals surface area contributed by atoms with Crippen LogP contribution in [0.2, 0.25) is 0 Å². The molecule has 0 aliphatic carbocycles. The zero-order valence-electron chi connectivity index (χ0n) is 11.0. The quantitative estimate of drug-likeness (QED) is 0.862. The molecule has 0 unspecified atom stereocenters. The van der Waals surface area contributed by atoms with Crippen LogP contribution < -0.4 is 4.90 Å². The van der Waals surface area contributed by atoms with Gasteiger partial charge in [-0.05, 0) is 23.3 Å².